The number of aliphatic hydroxyl groups is 1. The molecular formula is C16H23NO2. The Morgan fingerprint density at radius 3 is 2.58 bits per heavy atom. The van der Waals surface area contributed by atoms with Crippen LogP contribution in [0.2, 0.25) is 0 Å². The molecule has 104 valence electrons. The molecule has 1 aromatic carbocycles. The highest BCUT2D eigenvalue weighted by Gasteiger charge is 2.31. The molecule has 0 bridgehead atoms. The smallest absolute Gasteiger partial charge is 0.251 e. The Balaban J connectivity index is 1.98. The van der Waals surface area contributed by atoms with E-state index in [1.807, 2.05) is 31.2 Å². The van der Waals surface area contributed by atoms with E-state index in [-0.39, 0.29) is 17.9 Å². The molecule has 0 radical (unpaired) electrons. The molecule has 1 aromatic rings. The molecule has 1 aliphatic rings. The van der Waals surface area contributed by atoms with Crippen LogP contribution in [0.15, 0.2) is 24.3 Å². The van der Waals surface area contributed by atoms with Crippen LogP contribution in [-0.4, -0.2) is 24.2 Å². The topological polar surface area (TPSA) is 49.3 Å². The van der Waals surface area contributed by atoms with E-state index < -0.39 is 0 Å². The summed E-state index contributed by atoms with van der Waals surface area (Å²) in [4.78, 5) is 12.2. The van der Waals surface area contributed by atoms with Gasteiger partial charge in [-0.15, -0.1) is 0 Å². The first-order valence-corrected chi connectivity index (χ1v) is 7.12. The molecule has 1 aliphatic carbocycles. The zero-order valence-corrected chi connectivity index (χ0v) is 11.6. The minimum absolute atomic E-state index is 0.0310. The molecule has 0 aliphatic heterocycles. The van der Waals surface area contributed by atoms with Crippen LogP contribution in [-0.2, 0) is 0 Å². The Kier molecular flexibility index (Phi) is 4.59. The van der Waals surface area contributed by atoms with Gasteiger partial charge >= 0.3 is 0 Å². The molecule has 3 heteroatoms. The van der Waals surface area contributed by atoms with Crippen LogP contribution in [0.4, 0.5) is 0 Å². The maximum absolute atomic E-state index is 12.2. The predicted octanol–water partition coefficient (Wildman–Crippen LogP) is 2.67. The largest absolute Gasteiger partial charge is 0.396 e. The fourth-order valence-corrected chi connectivity index (χ4v) is 2.88. The highest BCUT2D eigenvalue weighted by Crippen LogP contribution is 2.35. The van der Waals surface area contributed by atoms with E-state index >= 15 is 0 Å². The number of nitrogens with one attached hydrogen (secondary N) is 1. The molecule has 2 N–H and O–H groups in total. The van der Waals surface area contributed by atoms with Crippen LogP contribution in [0.5, 0.6) is 0 Å². The quantitative estimate of drug-likeness (QED) is 0.875. The number of hydrogen-bond acceptors (Lipinski definition) is 2. The zero-order valence-electron chi connectivity index (χ0n) is 11.6. The molecule has 0 aromatic heterocycles. The lowest BCUT2D eigenvalue weighted by Crippen LogP contribution is -2.41. The number of aryl methyl sites for hydroxylation is 1. The molecule has 0 heterocycles. The highest BCUT2D eigenvalue weighted by molar-refractivity contribution is 5.95. The van der Waals surface area contributed by atoms with Gasteiger partial charge < -0.3 is 10.4 Å². The lowest BCUT2D eigenvalue weighted by Gasteiger charge is -2.35. The first kappa shape index (κ1) is 14.1. The van der Waals surface area contributed by atoms with Crippen molar-refractivity contribution in [1.29, 1.82) is 0 Å². The van der Waals surface area contributed by atoms with Gasteiger partial charge in [0.05, 0.1) is 6.61 Å². The third kappa shape index (κ3) is 3.35. The molecule has 1 amide bonds. The van der Waals surface area contributed by atoms with Gasteiger partial charge in [-0.2, -0.15) is 0 Å². The molecule has 0 unspecified atom stereocenters. The second kappa shape index (κ2) is 6.20. The zero-order chi connectivity index (χ0) is 13.7. The van der Waals surface area contributed by atoms with Gasteiger partial charge in [0.15, 0.2) is 0 Å². The maximum atomic E-state index is 12.2. The highest BCUT2D eigenvalue weighted by atomic mass is 16.3. The number of amides is 1. The lowest BCUT2D eigenvalue weighted by molar-refractivity contribution is 0.0717. The third-order valence-corrected chi connectivity index (χ3v) is 4.26. The second-order valence-electron chi connectivity index (χ2n) is 5.72. The first-order chi connectivity index (χ1) is 9.17. The van der Waals surface area contributed by atoms with Crippen molar-refractivity contribution in [2.24, 2.45) is 5.41 Å². The summed E-state index contributed by atoms with van der Waals surface area (Å²) < 4.78 is 0. The lowest BCUT2D eigenvalue weighted by atomic mass is 9.74. The van der Waals surface area contributed by atoms with Gasteiger partial charge in [0, 0.05) is 17.5 Å². The van der Waals surface area contributed by atoms with Crippen LogP contribution in [0.3, 0.4) is 0 Å². The van der Waals surface area contributed by atoms with Crippen molar-refractivity contribution in [3.63, 3.8) is 0 Å². The van der Waals surface area contributed by atoms with E-state index in [4.69, 9.17) is 0 Å². The molecule has 0 saturated heterocycles. The van der Waals surface area contributed by atoms with Gasteiger partial charge in [0.25, 0.3) is 5.91 Å². The summed E-state index contributed by atoms with van der Waals surface area (Å²) in [6.45, 7) is 2.69. The van der Waals surface area contributed by atoms with Gasteiger partial charge in [-0.25, -0.2) is 0 Å². The van der Waals surface area contributed by atoms with Gasteiger partial charge in [-0.3, -0.25) is 4.79 Å². The van der Waals surface area contributed by atoms with Gasteiger partial charge in [0.2, 0.25) is 0 Å². The monoisotopic (exact) mass is 261 g/mol. The van der Waals surface area contributed by atoms with Crippen molar-refractivity contribution in [2.75, 3.05) is 13.2 Å². The number of carbonyl (C=O) groups excluding carboxylic acids is 1. The number of rotatable bonds is 4. The Labute approximate surface area is 115 Å². The van der Waals surface area contributed by atoms with E-state index in [1.54, 1.807) is 0 Å². The van der Waals surface area contributed by atoms with E-state index in [9.17, 15) is 9.90 Å². The van der Waals surface area contributed by atoms with Crippen molar-refractivity contribution in [1.82, 2.24) is 5.32 Å². The Morgan fingerprint density at radius 2 is 1.95 bits per heavy atom. The van der Waals surface area contributed by atoms with Gasteiger partial charge in [-0.05, 0) is 31.4 Å². The molecule has 19 heavy (non-hydrogen) atoms. The average Bonchev–Trinajstić information content (AvgIpc) is 2.46. The Morgan fingerprint density at radius 1 is 1.26 bits per heavy atom. The summed E-state index contributed by atoms with van der Waals surface area (Å²) in [5.41, 5.74) is 1.62. The van der Waals surface area contributed by atoms with E-state index in [2.05, 4.69) is 5.32 Å². The SMILES string of the molecule is Cc1ccccc1C(=O)NCC1(CO)CCCCC1. The molecule has 3 nitrogen and oxygen atoms in total. The van der Waals surface area contributed by atoms with E-state index in [0.29, 0.717) is 6.54 Å². The number of aliphatic hydroxyl groups excluding tert-OH is 1. The summed E-state index contributed by atoms with van der Waals surface area (Å²) in [5, 5.41) is 12.6. The number of carbonyl (C=O) groups is 1. The average molecular weight is 261 g/mol. The Hall–Kier alpha value is -1.35. The van der Waals surface area contributed by atoms with Crippen LogP contribution >= 0.6 is 0 Å². The summed E-state index contributed by atoms with van der Waals surface area (Å²) in [6.07, 6.45) is 5.57. The molecule has 1 saturated carbocycles. The van der Waals surface area contributed by atoms with Crippen LogP contribution < -0.4 is 5.32 Å². The van der Waals surface area contributed by atoms with Gasteiger partial charge in [0.1, 0.15) is 0 Å². The minimum atomic E-state index is -0.101. The standard InChI is InChI=1S/C16H23NO2/c1-13-7-3-4-8-14(13)15(19)17-11-16(12-18)9-5-2-6-10-16/h3-4,7-8,18H,2,5-6,9-12H2,1H3,(H,17,19). The van der Waals surface area contributed by atoms with Crippen LogP contribution in [0.1, 0.15) is 48.0 Å². The van der Waals surface area contributed by atoms with Crippen LogP contribution in [0, 0.1) is 12.3 Å². The van der Waals surface area contributed by atoms with E-state index in [0.717, 1.165) is 36.8 Å². The third-order valence-electron chi connectivity index (χ3n) is 4.26. The van der Waals surface area contributed by atoms with Crippen molar-refractivity contribution in [3.8, 4) is 0 Å². The fraction of sp³-hybridized carbons (Fsp3) is 0.562. The molecule has 1 fully saturated rings. The first-order valence-electron chi connectivity index (χ1n) is 7.12. The molecule has 0 atom stereocenters. The fourth-order valence-electron chi connectivity index (χ4n) is 2.88. The predicted molar refractivity (Wildman–Crippen MR) is 76.1 cm³/mol. The van der Waals surface area contributed by atoms with Crippen molar-refractivity contribution in [2.45, 2.75) is 39.0 Å². The summed E-state index contributed by atoms with van der Waals surface area (Å²) >= 11 is 0. The second-order valence-corrected chi connectivity index (χ2v) is 5.72. The van der Waals surface area contributed by atoms with Crippen LogP contribution in [0.25, 0.3) is 0 Å². The molecular weight excluding hydrogens is 238 g/mol. The summed E-state index contributed by atoms with van der Waals surface area (Å²) in [5.74, 6) is -0.0310. The number of benzene rings is 1. The Bertz CT molecular complexity index is 436. The van der Waals surface area contributed by atoms with Crippen molar-refractivity contribution in [3.05, 3.63) is 35.4 Å². The normalized spacial score (nSPS) is 18.0. The van der Waals surface area contributed by atoms with Crippen molar-refractivity contribution >= 4 is 5.91 Å². The maximum Gasteiger partial charge on any atom is 0.251 e. The summed E-state index contributed by atoms with van der Waals surface area (Å²) in [6, 6.07) is 7.60. The summed E-state index contributed by atoms with van der Waals surface area (Å²) in [7, 11) is 0. The van der Waals surface area contributed by atoms with Gasteiger partial charge in [-0.1, -0.05) is 37.5 Å². The van der Waals surface area contributed by atoms with E-state index in [1.165, 1.54) is 6.42 Å². The minimum Gasteiger partial charge on any atom is -0.396 e. The van der Waals surface area contributed by atoms with Crippen molar-refractivity contribution < 1.29 is 9.90 Å². The molecule has 2 rings (SSSR count). The molecule has 0 spiro atoms. The number of hydrogen-bond donors (Lipinski definition) is 2.